The van der Waals surface area contributed by atoms with Gasteiger partial charge in [-0.05, 0) is 25.2 Å². The Morgan fingerprint density at radius 2 is 1.96 bits per heavy atom. The molecule has 1 aromatic carbocycles. The van der Waals surface area contributed by atoms with Crippen molar-refractivity contribution in [3.8, 4) is 11.3 Å². The number of hydrogen-bond acceptors (Lipinski definition) is 3. The van der Waals surface area contributed by atoms with Crippen LogP contribution in [0.4, 0.5) is 0 Å². The lowest BCUT2D eigenvalue weighted by Crippen LogP contribution is -2.43. The van der Waals surface area contributed by atoms with Gasteiger partial charge in [-0.25, -0.2) is 0 Å². The lowest BCUT2D eigenvalue weighted by atomic mass is 9.78. The summed E-state index contributed by atoms with van der Waals surface area (Å²) in [4.78, 5) is 12.8. The molecule has 23 heavy (non-hydrogen) atoms. The number of nitrogens with one attached hydrogen (secondary N) is 1. The largest absolute Gasteiger partial charge is 0.360 e. The molecule has 2 aromatic rings. The first-order chi connectivity index (χ1) is 11.1. The highest BCUT2D eigenvalue weighted by Gasteiger charge is 2.30. The normalized spacial score (nSPS) is 24.4. The van der Waals surface area contributed by atoms with E-state index < -0.39 is 0 Å². The summed E-state index contributed by atoms with van der Waals surface area (Å²) in [5.41, 5.74) is 2.08. The smallest absolute Gasteiger partial charge is 0.257 e. The Labute approximate surface area is 137 Å². The predicted molar refractivity (Wildman–Crippen MR) is 90.1 cm³/mol. The van der Waals surface area contributed by atoms with Gasteiger partial charge in [-0.1, -0.05) is 62.2 Å². The summed E-state index contributed by atoms with van der Waals surface area (Å²) in [6.07, 6.45) is 3.46. The van der Waals surface area contributed by atoms with E-state index >= 15 is 0 Å². The van der Waals surface area contributed by atoms with Gasteiger partial charge >= 0.3 is 0 Å². The van der Waals surface area contributed by atoms with Crippen LogP contribution in [0.2, 0.25) is 0 Å². The Bertz CT molecular complexity index is 678. The maximum atomic E-state index is 12.8. The summed E-state index contributed by atoms with van der Waals surface area (Å²) in [5, 5.41) is 7.31. The van der Waals surface area contributed by atoms with Crippen molar-refractivity contribution < 1.29 is 9.32 Å². The lowest BCUT2D eigenvalue weighted by Gasteiger charge is -2.34. The van der Waals surface area contributed by atoms with E-state index in [0.29, 0.717) is 28.9 Å². The van der Waals surface area contributed by atoms with Crippen molar-refractivity contribution in [1.29, 1.82) is 0 Å². The first kappa shape index (κ1) is 15.8. The van der Waals surface area contributed by atoms with E-state index in [0.717, 1.165) is 12.0 Å². The van der Waals surface area contributed by atoms with E-state index in [2.05, 4.69) is 24.3 Å². The summed E-state index contributed by atoms with van der Waals surface area (Å²) in [5.74, 6) is 1.63. The molecule has 1 amide bonds. The number of carbonyl (C=O) groups is 1. The minimum Gasteiger partial charge on any atom is -0.360 e. The fourth-order valence-electron chi connectivity index (χ4n) is 3.46. The van der Waals surface area contributed by atoms with Gasteiger partial charge in [0.15, 0.2) is 0 Å². The van der Waals surface area contributed by atoms with Gasteiger partial charge in [0.25, 0.3) is 5.91 Å². The molecule has 122 valence electrons. The average Bonchev–Trinajstić information content (AvgIpc) is 2.94. The Morgan fingerprint density at radius 3 is 2.70 bits per heavy atom. The Hall–Kier alpha value is -2.10. The SMILES string of the molecule is Cc1onc(-c2ccccc2)c1C(=O)N[C@@H]1CCC[C@@H](C)[C@H]1C. The van der Waals surface area contributed by atoms with Crippen molar-refractivity contribution >= 4 is 5.91 Å². The van der Waals surface area contributed by atoms with Crippen LogP contribution < -0.4 is 5.32 Å². The topological polar surface area (TPSA) is 55.1 Å². The second-order valence-corrected chi connectivity index (χ2v) is 6.68. The van der Waals surface area contributed by atoms with Crippen molar-refractivity contribution in [2.24, 2.45) is 11.8 Å². The third kappa shape index (κ3) is 3.16. The zero-order valence-corrected chi connectivity index (χ0v) is 14.0. The molecular weight excluding hydrogens is 288 g/mol. The number of rotatable bonds is 3. The quantitative estimate of drug-likeness (QED) is 0.924. The second kappa shape index (κ2) is 6.57. The maximum Gasteiger partial charge on any atom is 0.257 e. The molecule has 3 rings (SSSR count). The monoisotopic (exact) mass is 312 g/mol. The molecule has 0 radical (unpaired) electrons. The highest BCUT2D eigenvalue weighted by atomic mass is 16.5. The van der Waals surface area contributed by atoms with E-state index in [-0.39, 0.29) is 11.9 Å². The maximum absolute atomic E-state index is 12.8. The van der Waals surface area contributed by atoms with E-state index in [9.17, 15) is 4.79 Å². The van der Waals surface area contributed by atoms with Crippen molar-refractivity contribution in [2.75, 3.05) is 0 Å². The van der Waals surface area contributed by atoms with Crippen LogP contribution in [0.3, 0.4) is 0 Å². The third-order valence-corrected chi connectivity index (χ3v) is 5.16. The molecule has 4 heteroatoms. The van der Waals surface area contributed by atoms with Crippen LogP contribution in [0.5, 0.6) is 0 Å². The number of nitrogens with zero attached hydrogens (tertiary/aromatic N) is 1. The molecule has 1 saturated carbocycles. The zero-order valence-electron chi connectivity index (χ0n) is 14.0. The van der Waals surface area contributed by atoms with Gasteiger partial charge in [0.2, 0.25) is 0 Å². The molecule has 1 aliphatic rings. The van der Waals surface area contributed by atoms with Gasteiger partial charge in [-0.15, -0.1) is 0 Å². The summed E-state index contributed by atoms with van der Waals surface area (Å²) < 4.78 is 5.30. The Kier molecular flexibility index (Phi) is 4.51. The fourth-order valence-corrected chi connectivity index (χ4v) is 3.46. The number of aryl methyl sites for hydroxylation is 1. The number of benzene rings is 1. The molecule has 1 aromatic heterocycles. The van der Waals surface area contributed by atoms with Crippen LogP contribution in [0, 0.1) is 18.8 Å². The molecular formula is C19H24N2O2. The molecule has 0 saturated heterocycles. The van der Waals surface area contributed by atoms with Crippen LogP contribution in [0.25, 0.3) is 11.3 Å². The number of hydrogen-bond donors (Lipinski definition) is 1. The Morgan fingerprint density at radius 1 is 1.22 bits per heavy atom. The van der Waals surface area contributed by atoms with E-state index in [1.807, 2.05) is 30.3 Å². The van der Waals surface area contributed by atoms with Crippen molar-refractivity contribution in [2.45, 2.75) is 46.1 Å². The average molecular weight is 312 g/mol. The van der Waals surface area contributed by atoms with Gasteiger partial charge in [0.1, 0.15) is 17.0 Å². The van der Waals surface area contributed by atoms with Gasteiger partial charge < -0.3 is 9.84 Å². The molecule has 0 bridgehead atoms. The Balaban J connectivity index is 1.84. The molecule has 1 aliphatic carbocycles. The van der Waals surface area contributed by atoms with E-state index in [4.69, 9.17) is 4.52 Å². The molecule has 1 fully saturated rings. The zero-order chi connectivity index (χ0) is 16.4. The number of amides is 1. The summed E-state index contributed by atoms with van der Waals surface area (Å²) in [7, 11) is 0. The fraction of sp³-hybridized carbons (Fsp3) is 0.474. The van der Waals surface area contributed by atoms with Crippen molar-refractivity contribution in [3.05, 3.63) is 41.7 Å². The van der Waals surface area contributed by atoms with Crippen LogP contribution in [0.1, 0.15) is 49.2 Å². The first-order valence-corrected chi connectivity index (χ1v) is 8.40. The molecule has 1 N–H and O–H groups in total. The van der Waals surface area contributed by atoms with Gasteiger partial charge in [-0.2, -0.15) is 0 Å². The lowest BCUT2D eigenvalue weighted by molar-refractivity contribution is 0.0890. The highest BCUT2D eigenvalue weighted by molar-refractivity contribution is 6.00. The van der Waals surface area contributed by atoms with E-state index in [1.165, 1.54) is 12.8 Å². The first-order valence-electron chi connectivity index (χ1n) is 8.40. The predicted octanol–water partition coefficient (Wildman–Crippen LogP) is 4.20. The molecule has 0 aliphatic heterocycles. The van der Waals surface area contributed by atoms with Crippen LogP contribution in [-0.2, 0) is 0 Å². The molecule has 0 spiro atoms. The summed E-state index contributed by atoms with van der Waals surface area (Å²) in [6.45, 7) is 6.29. The van der Waals surface area contributed by atoms with Crippen LogP contribution in [0.15, 0.2) is 34.9 Å². The standard InChI is InChI=1S/C19H24N2O2/c1-12-8-7-11-16(13(12)2)20-19(22)17-14(3)23-21-18(17)15-9-5-4-6-10-15/h4-6,9-10,12-13,16H,7-8,11H2,1-3H3,(H,20,22)/t12-,13-,16-/m1/s1. The van der Waals surface area contributed by atoms with Crippen LogP contribution in [-0.4, -0.2) is 17.1 Å². The number of aromatic nitrogens is 1. The number of carbonyl (C=O) groups excluding carboxylic acids is 1. The molecule has 3 atom stereocenters. The van der Waals surface area contributed by atoms with Crippen molar-refractivity contribution in [3.63, 3.8) is 0 Å². The molecule has 4 nitrogen and oxygen atoms in total. The minimum atomic E-state index is -0.0754. The van der Waals surface area contributed by atoms with Crippen LogP contribution >= 0.6 is 0 Å². The van der Waals surface area contributed by atoms with Crippen molar-refractivity contribution in [1.82, 2.24) is 10.5 Å². The second-order valence-electron chi connectivity index (χ2n) is 6.68. The highest BCUT2D eigenvalue weighted by Crippen LogP contribution is 2.31. The molecule has 1 heterocycles. The molecule has 0 unspecified atom stereocenters. The van der Waals surface area contributed by atoms with Gasteiger partial charge in [0, 0.05) is 11.6 Å². The van der Waals surface area contributed by atoms with Gasteiger partial charge in [-0.3, -0.25) is 4.79 Å². The summed E-state index contributed by atoms with van der Waals surface area (Å²) >= 11 is 0. The van der Waals surface area contributed by atoms with Gasteiger partial charge in [0.05, 0.1) is 0 Å². The third-order valence-electron chi connectivity index (χ3n) is 5.16. The van der Waals surface area contributed by atoms with E-state index in [1.54, 1.807) is 6.92 Å². The minimum absolute atomic E-state index is 0.0754. The summed E-state index contributed by atoms with van der Waals surface area (Å²) in [6, 6.07) is 9.93.